The number of anilines is 1. The van der Waals surface area contributed by atoms with Crippen molar-refractivity contribution in [1.82, 2.24) is 15.2 Å². The Morgan fingerprint density at radius 2 is 2.06 bits per heavy atom. The maximum atomic E-state index is 12.8. The zero-order valence-corrected chi connectivity index (χ0v) is 20.7. The van der Waals surface area contributed by atoms with E-state index in [4.69, 9.17) is 20.0 Å². The summed E-state index contributed by atoms with van der Waals surface area (Å²) in [5.74, 6) is -2.05. The number of nitrogens with two attached hydrogens (primary N) is 1. The maximum Gasteiger partial charge on any atom is 0.357 e. The number of fused-ring (bicyclic) bond motifs is 1. The van der Waals surface area contributed by atoms with Crippen LogP contribution in [-0.2, 0) is 33.5 Å². The highest BCUT2D eigenvalue weighted by molar-refractivity contribution is 8.00. The van der Waals surface area contributed by atoms with Crippen LogP contribution in [-0.4, -0.2) is 70.4 Å². The van der Waals surface area contributed by atoms with E-state index >= 15 is 0 Å². The number of carbonyl (C=O) groups is 4. The Labute approximate surface area is 203 Å². The molecule has 2 amide bonds. The molecule has 3 N–H and O–H groups in total. The molecule has 12 nitrogen and oxygen atoms in total. The average molecular weight is 512 g/mol. The molecule has 0 aliphatic carbocycles. The van der Waals surface area contributed by atoms with Gasteiger partial charge in [-0.2, -0.15) is 0 Å². The second kappa shape index (κ2) is 10.4. The molecule has 14 heteroatoms. The topological polar surface area (TPSA) is 163 Å². The number of hydrogen-bond acceptors (Lipinski definition) is 12. The van der Waals surface area contributed by atoms with E-state index in [0.29, 0.717) is 5.75 Å². The molecule has 1 saturated heterocycles. The van der Waals surface area contributed by atoms with E-state index < -0.39 is 42.0 Å². The van der Waals surface area contributed by atoms with Crippen molar-refractivity contribution in [3.05, 3.63) is 22.8 Å². The van der Waals surface area contributed by atoms with Gasteiger partial charge >= 0.3 is 11.9 Å². The van der Waals surface area contributed by atoms with Gasteiger partial charge in [0.25, 0.3) is 11.8 Å². The number of thioether (sulfide) groups is 1. The van der Waals surface area contributed by atoms with Crippen LogP contribution in [0.15, 0.2) is 22.3 Å². The van der Waals surface area contributed by atoms with Gasteiger partial charge in [0.05, 0.1) is 6.42 Å². The third-order valence-corrected chi connectivity index (χ3v) is 6.45. The standard InChI is InChI=1S/C20H25N5O7S2/c1-20(2,3)7-12(26)31-9-32-18(29)11-5-6-33-17-14(16(28)25(11)17)23-15(27)13(24-30-4)10-8-34-19(21)22-10/h5,8,14,17H,6-7,9H2,1-4H3,(H2,21,22)(H,23,27)/b24-13-/t14-,17-/m1/s1. The summed E-state index contributed by atoms with van der Waals surface area (Å²) >= 11 is 2.49. The molecule has 2 atom stereocenters. The fourth-order valence-corrected chi connectivity index (χ4v) is 4.88. The lowest BCUT2D eigenvalue weighted by Gasteiger charge is -2.48. The number of carbonyl (C=O) groups excluding carboxylic acids is 4. The Morgan fingerprint density at radius 1 is 1.32 bits per heavy atom. The Bertz CT molecular complexity index is 1050. The van der Waals surface area contributed by atoms with Crippen LogP contribution in [0.4, 0.5) is 5.13 Å². The molecule has 1 fully saturated rings. The van der Waals surface area contributed by atoms with Gasteiger partial charge in [-0.15, -0.1) is 23.1 Å². The number of thiazole rings is 1. The van der Waals surface area contributed by atoms with E-state index in [-0.39, 0.29) is 34.1 Å². The minimum atomic E-state index is -0.892. The lowest BCUT2D eigenvalue weighted by molar-refractivity contribution is -0.169. The third kappa shape index (κ3) is 5.86. The number of β-lactam (4-membered cyclic amide) rings is 1. The van der Waals surface area contributed by atoms with Crippen molar-refractivity contribution >= 4 is 57.7 Å². The lowest BCUT2D eigenvalue weighted by Crippen LogP contribution is -2.70. The molecule has 2 aliphatic heterocycles. The number of esters is 2. The number of hydrogen-bond donors (Lipinski definition) is 2. The number of nitrogen functional groups attached to an aromatic ring is 1. The molecule has 0 unspecified atom stereocenters. The Kier molecular flexibility index (Phi) is 7.82. The molecule has 0 saturated carbocycles. The number of amides is 2. The molecule has 3 rings (SSSR count). The zero-order valence-electron chi connectivity index (χ0n) is 19.0. The van der Waals surface area contributed by atoms with Crippen LogP contribution in [0.3, 0.4) is 0 Å². The normalized spacial score (nSPS) is 20.0. The Balaban J connectivity index is 1.58. The van der Waals surface area contributed by atoms with Crippen molar-refractivity contribution in [2.24, 2.45) is 10.6 Å². The third-order valence-electron chi connectivity index (χ3n) is 4.59. The van der Waals surface area contributed by atoms with Crippen molar-refractivity contribution in [3.8, 4) is 0 Å². The van der Waals surface area contributed by atoms with E-state index in [9.17, 15) is 19.2 Å². The first kappa shape index (κ1) is 25.5. The van der Waals surface area contributed by atoms with E-state index in [1.165, 1.54) is 23.8 Å². The first-order chi connectivity index (χ1) is 16.0. The number of rotatable bonds is 8. The molecule has 3 heterocycles. The minimum absolute atomic E-state index is 0.0316. The summed E-state index contributed by atoms with van der Waals surface area (Å²) in [4.78, 5) is 59.8. The monoisotopic (exact) mass is 511 g/mol. The average Bonchev–Trinajstić information content (AvgIpc) is 3.19. The first-order valence-corrected chi connectivity index (χ1v) is 12.1. The van der Waals surface area contributed by atoms with Gasteiger partial charge in [-0.3, -0.25) is 19.3 Å². The van der Waals surface area contributed by atoms with Crippen LogP contribution < -0.4 is 11.1 Å². The number of ether oxygens (including phenoxy) is 2. The van der Waals surface area contributed by atoms with Crippen LogP contribution in [0, 0.1) is 5.41 Å². The second-order valence-corrected chi connectivity index (χ2v) is 10.5. The molecule has 34 heavy (non-hydrogen) atoms. The summed E-state index contributed by atoms with van der Waals surface area (Å²) in [6.07, 6.45) is 1.71. The largest absolute Gasteiger partial charge is 0.428 e. The molecule has 1 aromatic heterocycles. The predicted molar refractivity (Wildman–Crippen MR) is 124 cm³/mol. The highest BCUT2D eigenvalue weighted by atomic mass is 32.2. The summed E-state index contributed by atoms with van der Waals surface area (Å²) < 4.78 is 9.96. The minimum Gasteiger partial charge on any atom is -0.428 e. The van der Waals surface area contributed by atoms with Gasteiger partial charge in [-0.05, 0) is 11.5 Å². The first-order valence-electron chi connectivity index (χ1n) is 10.1. The van der Waals surface area contributed by atoms with Gasteiger partial charge in [0.15, 0.2) is 10.8 Å². The van der Waals surface area contributed by atoms with E-state index in [1.807, 2.05) is 20.8 Å². The summed E-state index contributed by atoms with van der Waals surface area (Å²) in [5.41, 5.74) is 5.47. The van der Waals surface area contributed by atoms with Gasteiger partial charge < -0.3 is 25.4 Å². The molecule has 184 valence electrons. The van der Waals surface area contributed by atoms with Crippen LogP contribution in [0.1, 0.15) is 32.9 Å². The van der Waals surface area contributed by atoms with Gasteiger partial charge in [-0.1, -0.05) is 25.9 Å². The fourth-order valence-electron chi connectivity index (χ4n) is 3.14. The van der Waals surface area contributed by atoms with Crippen molar-refractivity contribution in [2.75, 3.05) is 25.4 Å². The van der Waals surface area contributed by atoms with Crippen molar-refractivity contribution in [1.29, 1.82) is 0 Å². The molecule has 0 bridgehead atoms. The summed E-state index contributed by atoms with van der Waals surface area (Å²) in [5, 5.41) is 7.58. The molecule has 0 spiro atoms. The molecular weight excluding hydrogens is 486 g/mol. The molecule has 1 aromatic rings. The SMILES string of the molecule is CO/N=C(\C(=O)N[C@@H]1C(=O)N2C(C(=O)OCOC(=O)CC(C)(C)C)=CCS[C@H]12)c1csc(N)n1. The quantitative estimate of drug-likeness (QED) is 0.168. The fraction of sp³-hybridized carbons (Fsp3) is 0.500. The molecule has 0 radical (unpaired) electrons. The van der Waals surface area contributed by atoms with E-state index in [1.54, 1.807) is 11.5 Å². The van der Waals surface area contributed by atoms with Crippen LogP contribution >= 0.6 is 23.1 Å². The van der Waals surface area contributed by atoms with Crippen LogP contribution in [0.25, 0.3) is 0 Å². The number of nitrogens with one attached hydrogen (secondary N) is 1. The van der Waals surface area contributed by atoms with Crippen molar-refractivity contribution < 1.29 is 33.5 Å². The van der Waals surface area contributed by atoms with Gasteiger partial charge in [-0.25, -0.2) is 9.78 Å². The van der Waals surface area contributed by atoms with Crippen molar-refractivity contribution in [3.63, 3.8) is 0 Å². The smallest absolute Gasteiger partial charge is 0.357 e. The van der Waals surface area contributed by atoms with Crippen LogP contribution in [0.5, 0.6) is 0 Å². The summed E-state index contributed by atoms with van der Waals surface area (Å²) in [6, 6.07) is -0.892. The molecular formula is C20H25N5O7S2. The maximum absolute atomic E-state index is 12.8. The zero-order chi connectivity index (χ0) is 25.0. The Hall–Kier alpha value is -3.13. The lowest BCUT2D eigenvalue weighted by atomic mass is 9.93. The number of oxime groups is 1. The second-order valence-electron chi connectivity index (χ2n) is 8.47. The summed E-state index contributed by atoms with van der Waals surface area (Å²) in [7, 11) is 1.28. The number of aromatic nitrogens is 1. The highest BCUT2D eigenvalue weighted by Gasteiger charge is 2.53. The Morgan fingerprint density at radius 3 is 2.68 bits per heavy atom. The summed E-state index contributed by atoms with van der Waals surface area (Å²) in [6.45, 7) is 5.09. The van der Waals surface area contributed by atoms with Crippen molar-refractivity contribution in [2.45, 2.75) is 38.6 Å². The van der Waals surface area contributed by atoms with Gasteiger partial charge in [0.1, 0.15) is 29.9 Å². The molecule has 2 aliphatic rings. The number of nitrogens with zero attached hydrogens (tertiary/aromatic N) is 3. The van der Waals surface area contributed by atoms with Crippen LogP contribution in [0.2, 0.25) is 0 Å². The van der Waals surface area contributed by atoms with Gasteiger partial charge in [0.2, 0.25) is 6.79 Å². The van der Waals surface area contributed by atoms with Gasteiger partial charge in [0, 0.05) is 11.1 Å². The molecule has 0 aromatic carbocycles. The van der Waals surface area contributed by atoms with E-state index in [0.717, 1.165) is 11.3 Å². The van der Waals surface area contributed by atoms with E-state index in [2.05, 4.69) is 15.5 Å². The highest BCUT2D eigenvalue weighted by Crippen LogP contribution is 2.37. The predicted octanol–water partition coefficient (Wildman–Crippen LogP) is 0.840.